The van der Waals surface area contributed by atoms with Crippen LogP contribution in [-0.2, 0) is 9.59 Å². The van der Waals surface area contributed by atoms with Crippen molar-refractivity contribution in [1.29, 1.82) is 0 Å². The molecule has 1 amide bonds. The zero-order chi connectivity index (χ0) is 16.5. The lowest BCUT2D eigenvalue weighted by Gasteiger charge is -2.23. The van der Waals surface area contributed by atoms with E-state index in [2.05, 4.69) is 0 Å². The number of nitrogens with zero attached hydrogens (tertiary/aromatic N) is 1. The molecule has 1 N–H and O–H groups in total. The van der Waals surface area contributed by atoms with Crippen molar-refractivity contribution in [2.45, 2.75) is 45.2 Å². The molecule has 3 atom stereocenters. The molecule has 0 aromatic rings. The van der Waals surface area contributed by atoms with E-state index in [0.29, 0.717) is 12.3 Å². The van der Waals surface area contributed by atoms with Crippen LogP contribution in [0.4, 0.5) is 13.2 Å². The predicted octanol–water partition coefficient (Wildman–Crippen LogP) is 2.92. The van der Waals surface area contributed by atoms with Crippen molar-refractivity contribution in [3.05, 3.63) is 0 Å². The van der Waals surface area contributed by atoms with Gasteiger partial charge in [0.1, 0.15) is 0 Å². The van der Waals surface area contributed by atoms with Crippen LogP contribution in [0.3, 0.4) is 0 Å². The van der Waals surface area contributed by atoms with Crippen LogP contribution in [0.15, 0.2) is 0 Å². The maximum Gasteiger partial charge on any atom is 0.394 e. The number of likely N-dealkylation sites (tertiary alicyclic amines) is 1. The number of alkyl halides is 3. The largest absolute Gasteiger partial charge is 0.481 e. The van der Waals surface area contributed by atoms with Gasteiger partial charge in [-0.3, -0.25) is 9.59 Å². The Balaban J connectivity index is 1.99. The maximum atomic E-state index is 12.9. The molecule has 2 fully saturated rings. The zero-order valence-electron chi connectivity index (χ0n) is 12.6. The standard InChI is InChI=1S/C15H22F3NO3/c1-9(6-10-4-2-3-5-10)13(20)19-7-11(14(21)22)12(8-19)15(16,17)18/h9-12H,2-8H2,1H3,(H,21,22)/t9?,11-,12-/m1/s1. The molecule has 4 nitrogen and oxygen atoms in total. The number of hydrogen-bond donors (Lipinski definition) is 1. The number of hydrogen-bond acceptors (Lipinski definition) is 2. The van der Waals surface area contributed by atoms with Crippen molar-refractivity contribution in [3.8, 4) is 0 Å². The van der Waals surface area contributed by atoms with E-state index in [4.69, 9.17) is 5.11 Å². The first-order valence-corrected chi connectivity index (χ1v) is 7.78. The lowest BCUT2D eigenvalue weighted by molar-refractivity contribution is -0.188. The second kappa shape index (κ2) is 6.46. The number of rotatable bonds is 4. The van der Waals surface area contributed by atoms with E-state index in [0.717, 1.165) is 30.6 Å². The Bertz CT molecular complexity index is 432. The van der Waals surface area contributed by atoms with Crippen molar-refractivity contribution in [2.24, 2.45) is 23.7 Å². The lowest BCUT2D eigenvalue weighted by Crippen LogP contribution is -2.35. The van der Waals surface area contributed by atoms with Crippen LogP contribution in [0.5, 0.6) is 0 Å². The number of carboxylic acids is 1. The van der Waals surface area contributed by atoms with Crippen molar-refractivity contribution >= 4 is 11.9 Å². The third-order valence-electron chi connectivity index (χ3n) is 4.95. The average molecular weight is 321 g/mol. The molecule has 1 saturated carbocycles. The minimum absolute atomic E-state index is 0.340. The van der Waals surface area contributed by atoms with E-state index in [9.17, 15) is 22.8 Å². The number of aliphatic carboxylic acids is 1. The van der Waals surface area contributed by atoms with Gasteiger partial charge >= 0.3 is 12.1 Å². The Morgan fingerprint density at radius 3 is 2.27 bits per heavy atom. The molecule has 0 spiro atoms. The summed E-state index contributed by atoms with van der Waals surface area (Å²) in [4.78, 5) is 24.5. The summed E-state index contributed by atoms with van der Waals surface area (Å²) in [5, 5.41) is 8.98. The minimum atomic E-state index is -4.59. The van der Waals surface area contributed by atoms with Gasteiger partial charge in [0.05, 0.1) is 11.8 Å². The summed E-state index contributed by atoms with van der Waals surface area (Å²) < 4.78 is 38.8. The fraction of sp³-hybridized carbons (Fsp3) is 0.867. The van der Waals surface area contributed by atoms with Crippen LogP contribution < -0.4 is 0 Å². The van der Waals surface area contributed by atoms with E-state index in [1.54, 1.807) is 6.92 Å². The molecule has 0 aromatic heterocycles. The molecule has 2 rings (SSSR count). The van der Waals surface area contributed by atoms with Gasteiger partial charge < -0.3 is 10.0 Å². The van der Waals surface area contributed by atoms with Gasteiger partial charge in [-0.1, -0.05) is 32.6 Å². The first-order chi connectivity index (χ1) is 10.2. The van der Waals surface area contributed by atoms with Crippen molar-refractivity contribution < 1.29 is 27.9 Å². The van der Waals surface area contributed by atoms with E-state index in [-0.39, 0.29) is 18.4 Å². The van der Waals surface area contributed by atoms with Gasteiger partial charge in [0.15, 0.2) is 0 Å². The second-order valence-corrected chi connectivity index (χ2v) is 6.62. The van der Waals surface area contributed by atoms with Gasteiger partial charge in [-0.2, -0.15) is 13.2 Å². The van der Waals surface area contributed by atoms with Crippen LogP contribution in [0, 0.1) is 23.7 Å². The number of carbonyl (C=O) groups is 2. The molecule has 1 heterocycles. The van der Waals surface area contributed by atoms with Crippen LogP contribution >= 0.6 is 0 Å². The summed E-state index contributed by atoms with van der Waals surface area (Å²) in [5.74, 6) is -5.22. The summed E-state index contributed by atoms with van der Waals surface area (Å²) in [6.45, 7) is 0.860. The first-order valence-electron chi connectivity index (χ1n) is 7.78. The Morgan fingerprint density at radius 1 is 1.23 bits per heavy atom. The second-order valence-electron chi connectivity index (χ2n) is 6.62. The van der Waals surface area contributed by atoms with E-state index in [1.807, 2.05) is 0 Å². The van der Waals surface area contributed by atoms with E-state index in [1.165, 1.54) is 0 Å². The monoisotopic (exact) mass is 321 g/mol. The van der Waals surface area contributed by atoms with Gasteiger partial charge in [0.2, 0.25) is 5.91 Å². The Kier molecular flexibility index (Phi) is 5.02. The summed E-state index contributed by atoms with van der Waals surface area (Å²) in [6.07, 6.45) is 0.524. The summed E-state index contributed by atoms with van der Waals surface area (Å²) in [7, 11) is 0. The molecule has 0 radical (unpaired) electrons. The molecule has 1 aliphatic heterocycles. The molecule has 1 unspecified atom stereocenters. The molecule has 126 valence electrons. The molecular weight excluding hydrogens is 299 g/mol. The molecular formula is C15H22F3NO3. The SMILES string of the molecule is CC(CC1CCCC1)C(=O)N1C[C@@H](C(F)(F)F)[C@H](C(=O)O)C1. The third kappa shape index (κ3) is 3.73. The van der Waals surface area contributed by atoms with Gasteiger partial charge in [0.25, 0.3) is 0 Å². The molecule has 2 aliphatic rings. The minimum Gasteiger partial charge on any atom is -0.481 e. The Morgan fingerprint density at radius 2 is 1.82 bits per heavy atom. The van der Waals surface area contributed by atoms with Gasteiger partial charge in [0, 0.05) is 19.0 Å². The fourth-order valence-electron chi connectivity index (χ4n) is 3.72. The summed E-state index contributed by atoms with van der Waals surface area (Å²) in [5.41, 5.74) is 0. The molecule has 0 aromatic carbocycles. The topological polar surface area (TPSA) is 57.6 Å². The smallest absolute Gasteiger partial charge is 0.394 e. The lowest BCUT2D eigenvalue weighted by atomic mass is 9.93. The summed E-state index contributed by atoms with van der Waals surface area (Å²) >= 11 is 0. The van der Waals surface area contributed by atoms with E-state index >= 15 is 0 Å². The van der Waals surface area contributed by atoms with Crippen molar-refractivity contribution in [1.82, 2.24) is 4.90 Å². The van der Waals surface area contributed by atoms with Crippen LogP contribution in [-0.4, -0.2) is 41.1 Å². The number of amides is 1. The highest BCUT2D eigenvalue weighted by atomic mass is 19.4. The van der Waals surface area contributed by atoms with Gasteiger partial charge in [-0.25, -0.2) is 0 Å². The van der Waals surface area contributed by atoms with Crippen molar-refractivity contribution in [3.63, 3.8) is 0 Å². The number of carboxylic acid groups (broad SMARTS) is 1. The van der Waals surface area contributed by atoms with Crippen LogP contribution in [0.25, 0.3) is 0 Å². The zero-order valence-corrected chi connectivity index (χ0v) is 12.6. The molecule has 1 saturated heterocycles. The Labute approximate surface area is 127 Å². The maximum absolute atomic E-state index is 12.9. The van der Waals surface area contributed by atoms with Crippen LogP contribution in [0.2, 0.25) is 0 Å². The molecule has 1 aliphatic carbocycles. The van der Waals surface area contributed by atoms with Gasteiger partial charge in [-0.15, -0.1) is 0 Å². The first kappa shape index (κ1) is 17.1. The average Bonchev–Trinajstić information content (AvgIpc) is 3.05. The highest BCUT2D eigenvalue weighted by molar-refractivity contribution is 5.80. The third-order valence-corrected chi connectivity index (χ3v) is 4.95. The molecule has 7 heteroatoms. The van der Waals surface area contributed by atoms with E-state index < -0.39 is 30.5 Å². The molecule has 22 heavy (non-hydrogen) atoms. The number of carbonyl (C=O) groups excluding carboxylic acids is 1. The quantitative estimate of drug-likeness (QED) is 0.866. The van der Waals surface area contributed by atoms with Crippen molar-refractivity contribution in [2.75, 3.05) is 13.1 Å². The fourth-order valence-corrected chi connectivity index (χ4v) is 3.72. The normalized spacial score (nSPS) is 28.1. The van der Waals surface area contributed by atoms with Gasteiger partial charge in [-0.05, 0) is 12.3 Å². The number of halogens is 3. The molecule has 0 bridgehead atoms. The Hall–Kier alpha value is -1.27. The highest BCUT2D eigenvalue weighted by Crippen LogP contribution is 2.39. The predicted molar refractivity (Wildman–Crippen MR) is 73.0 cm³/mol. The van der Waals surface area contributed by atoms with Crippen LogP contribution in [0.1, 0.15) is 39.0 Å². The highest BCUT2D eigenvalue weighted by Gasteiger charge is 2.53. The summed E-state index contributed by atoms with van der Waals surface area (Å²) in [6, 6.07) is 0.